The molecule has 0 aliphatic carbocycles. The molecule has 0 unspecified atom stereocenters. The van der Waals surface area contributed by atoms with E-state index in [2.05, 4.69) is 9.97 Å². The fourth-order valence-corrected chi connectivity index (χ4v) is 3.97. The van der Waals surface area contributed by atoms with Gasteiger partial charge in [-0.2, -0.15) is 0 Å². The summed E-state index contributed by atoms with van der Waals surface area (Å²) in [4.78, 5) is 37.5. The van der Waals surface area contributed by atoms with Crippen LogP contribution in [0.25, 0.3) is 0 Å². The van der Waals surface area contributed by atoms with Gasteiger partial charge >= 0.3 is 0 Å². The molecule has 0 saturated carbocycles. The minimum Gasteiger partial charge on any atom is -0.490 e. The second kappa shape index (κ2) is 10.2. The van der Waals surface area contributed by atoms with Crippen LogP contribution in [0.1, 0.15) is 17.0 Å². The van der Waals surface area contributed by atoms with Crippen LogP contribution >= 0.6 is 11.6 Å². The number of hydrogen-bond donors (Lipinski definition) is 0. The van der Waals surface area contributed by atoms with Crippen LogP contribution in [0.2, 0.25) is 5.02 Å². The quantitative estimate of drug-likeness (QED) is 0.647. The summed E-state index contributed by atoms with van der Waals surface area (Å²) < 4.78 is 17.5. The smallest absolute Gasteiger partial charge is 0.291 e. The van der Waals surface area contributed by atoms with Crippen molar-refractivity contribution >= 4 is 23.4 Å². The summed E-state index contributed by atoms with van der Waals surface area (Å²) in [6.45, 7) is 3.00. The number of ether oxygens (including phenoxy) is 3. The van der Waals surface area contributed by atoms with Gasteiger partial charge < -0.3 is 24.0 Å². The second-order valence-electron chi connectivity index (χ2n) is 7.75. The van der Waals surface area contributed by atoms with E-state index in [1.807, 2.05) is 0 Å². The van der Waals surface area contributed by atoms with Crippen molar-refractivity contribution < 1.29 is 23.8 Å². The predicted octanol–water partition coefficient (Wildman–Crippen LogP) is 1.67. The summed E-state index contributed by atoms with van der Waals surface area (Å²) in [6.07, 6.45) is 3.13. The number of amides is 2. The van der Waals surface area contributed by atoms with Crippen molar-refractivity contribution in [2.45, 2.75) is 12.0 Å². The van der Waals surface area contributed by atoms with Crippen molar-refractivity contribution in [3.05, 3.63) is 53.6 Å². The molecule has 0 bridgehead atoms. The average Bonchev–Trinajstić information content (AvgIpc) is 2.84. The monoisotopic (exact) mass is 460 g/mol. The molecule has 9 nitrogen and oxygen atoms in total. The van der Waals surface area contributed by atoms with Crippen LogP contribution in [0.4, 0.5) is 0 Å². The number of aromatic nitrogens is 2. The summed E-state index contributed by atoms with van der Waals surface area (Å²) in [5, 5.41) is 0.545. The largest absolute Gasteiger partial charge is 0.490 e. The van der Waals surface area contributed by atoms with Crippen LogP contribution in [-0.4, -0.2) is 89.8 Å². The van der Waals surface area contributed by atoms with E-state index in [1.165, 1.54) is 12.4 Å². The predicted molar refractivity (Wildman–Crippen MR) is 116 cm³/mol. The van der Waals surface area contributed by atoms with Crippen molar-refractivity contribution in [1.29, 1.82) is 0 Å². The van der Waals surface area contributed by atoms with Gasteiger partial charge in [0.1, 0.15) is 18.0 Å². The summed E-state index contributed by atoms with van der Waals surface area (Å²) in [5.41, 5.74) is -1.01. The highest BCUT2D eigenvalue weighted by Crippen LogP contribution is 2.27. The molecule has 0 radical (unpaired) electrons. The lowest BCUT2D eigenvalue weighted by atomic mass is 9.96. The number of morpholine rings is 2. The molecule has 4 rings (SSSR count). The molecule has 2 aromatic rings. The summed E-state index contributed by atoms with van der Waals surface area (Å²) in [6, 6.07) is 8.67. The summed E-state index contributed by atoms with van der Waals surface area (Å²) in [7, 11) is 0. The standard InChI is InChI=1S/C22H25ClN4O5/c23-17-3-1-4-18(13-17)31-16-22(14-19(28)26-7-10-30-11-8-26)15-27(9-12-32-22)21(29)20-24-5-2-6-25-20/h1-6,13H,7-12,14-16H2/t22-/m1/s1. The highest BCUT2D eigenvalue weighted by Gasteiger charge is 2.43. The van der Waals surface area contributed by atoms with E-state index in [9.17, 15) is 9.59 Å². The van der Waals surface area contributed by atoms with E-state index in [-0.39, 0.29) is 43.8 Å². The Morgan fingerprint density at radius 1 is 1.06 bits per heavy atom. The van der Waals surface area contributed by atoms with E-state index >= 15 is 0 Å². The molecule has 0 spiro atoms. The number of rotatable bonds is 6. The van der Waals surface area contributed by atoms with Crippen molar-refractivity contribution in [1.82, 2.24) is 19.8 Å². The Labute approximate surface area is 191 Å². The van der Waals surface area contributed by atoms with Gasteiger partial charge in [-0.25, -0.2) is 9.97 Å². The average molecular weight is 461 g/mol. The Bertz CT molecular complexity index is 941. The number of hydrogen-bond acceptors (Lipinski definition) is 7. The molecule has 10 heteroatoms. The molecule has 170 valence electrons. The lowest BCUT2D eigenvalue weighted by molar-refractivity contribution is -0.155. The minimum absolute atomic E-state index is 0.0618. The number of carbonyl (C=O) groups is 2. The summed E-state index contributed by atoms with van der Waals surface area (Å²) >= 11 is 6.07. The number of halogens is 1. The van der Waals surface area contributed by atoms with Crippen molar-refractivity contribution in [2.75, 3.05) is 52.6 Å². The van der Waals surface area contributed by atoms with E-state index < -0.39 is 5.60 Å². The third-order valence-corrected chi connectivity index (χ3v) is 5.66. The molecule has 3 heterocycles. The number of benzene rings is 1. The van der Waals surface area contributed by atoms with Gasteiger partial charge in [-0.1, -0.05) is 17.7 Å². The first kappa shape index (κ1) is 22.4. The van der Waals surface area contributed by atoms with Gasteiger partial charge in [-0.05, 0) is 24.3 Å². The maximum Gasteiger partial charge on any atom is 0.291 e. The van der Waals surface area contributed by atoms with Gasteiger partial charge in [0, 0.05) is 37.1 Å². The van der Waals surface area contributed by atoms with E-state index in [1.54, 1.807) is 40.1 Å². The molecular weight excluding hydrogens is 436 g/mol. The van der Waals surface area contributed by atoms with Crippen LogP contribution in [-0.2, 0) is 14.3 Å². The highest BCUT2D eigenvalue weighted by molar-refractivity contribution is 6.30. The van der Waals surface area contributed by atoms with Crippen molar-refractivity contribution in [3.63, 3.8) is 0 Å². The molecule has 2 aliphatic rings. The molecule has 1 aromatic carbocycles. The third kappa shape index (κ3) is 5.53. The number of carbonyl (C=O) groups excluding carboxylic acids is 2. The lowest BCUT2D eigenvalue weighted by Gasteiger charge is -2.42. The fourth-order valence-electron chi connectivity index (χ4n) is 3.79. The zero-order valence-corrected chi connectivity index (χ0v) is 18.4. The fraction of sp³-hybridized carbons (Fsp3) is 0.455. The van der Waals surface area contributed by atoms with Gasteiger partial charge in [0.15, 0.2) is 0 Å². The first-order chi connectivity index (χ1) is 15.5. The topological polar surface area (TPSA) is 94.1 Å². The van der Waals surface area contributed by atoms with Crippen LogP contribution < -0.4 is 4.74 Å². The van der Waals surface area contributed by atoms with Gasteiger partial charge in [0.2, 0.25) is 11.7 Å². The zero-order valence-electron chi connectivity index (χ0n) is 17.6. The molecular formula is C22H25ClN4O5. The Morgan fingerprint density at radius 2 is 1.81 bits per heavy atom. The molecule has 32 heavy (non-hydrogen) atoms. The number of nitrogens with zero attached hydrogens (tertiary/aromatic N) is 4. The van der Waals surface area contributed by atoms with Gasteiger partial charge in [-0.15, -0.1) is 0 Å². The van der Waals surface area contributed by atoms with E-state index in [4.69, 9.17) is 25.8 Å². The van der Waals surface area contributed by atoms with Gasteiger partial charge in [0.25, 0.3) is 5.91 Å². The Morgan fingerprint density at radius 3 is 2.56 bits per heavy atom. The molecule has 2 aliphatic heterocycles. The maximum atomic E-state index is 13.1. The normalized spacial score (nSPS) is 21.3. The Hall–Kier alpha value is -2.75. The maximum absolute atomic E-state index is 13.1. The zero-order chi connectivity index (χ0) is 22.4. The van der Waals surface area contributed by atoms with Gasteiger partial charge in [0.05, 0.1) is 32.8 Å². The lowest BCUT2D eigenvalue weighted by Crippen LogP contribution is -2.59. The third-order valence-electron chi connectivity index (χ3n) is 5.43. The van der Waals surface area contributed by atoms with Crippen LogP contribution in [0, 0.1) is 0 Å². The van der Waals surface area contributed by atoms with Crippen LogP contribution in [0.5, 0.6) is 5.75 Å². The molecule has 2 saturated heterocycles. The molecule has 1 aromatic heterocycles. The van der Waals surface area contributed by atoms with E-state index in [0.717, 1.165) is 0 Å². The molecule has 0 N–H and O–H groups in total. The van der Waals surface area contributed by atoms with Crippen LogP contribution in [0.3, 0.4) is 0 Å². The van der Waals surface area contributed by atoms with Crippen LogP contribution in [0.15, 0.2) is 42.7 Å². The highest BCUT2D eigenvalue weighted by atomic mass is 35.5. The Kier molecular flexibility index (Phi) is 7.19. The SMILES string of the molecule is O=C(C[C@]1(COc2cccc(Cl)c2)CN(C(=O)c2ncccn2)CCO1)N1CCOCC1. The van der Waals surface area contributed by atoms with Gasteiger partial charge in [-0.3, -0.25) is 9.59 Å². The molecule has 1 atom stereocenters. The first-order valence-corrected chi connectivity index (χ1v) is 10.9. The first-order valence-electron chi connectivity index (χ1n) is 10.5. The second-order valence-corrected chi connectivity index (χ2v) is 8.18. The van der Waals surface area contributed by atoms with Crippen molar-refractivity contribution in [3.8, 4) is 5.75 Å². The minimum atomic E-state index is -1.01. The Balaban J connectivity index is 1.52. The molecule has 2 amide bonds. The van der Waals surface area contributed by atoms with E-state index in [0.29, 0.717) is 43.6 Å². The summed E-state index contributed by atoms with van der Waals surface area (Å²) in [5.74, 6) is 0.306. The molecule has 2 fully saturated rings. The van der Waals surface area contributed by atoms with Crippen molar-refractivity contribution in [2.24, 2.45) is 0 Å².